The second-order valence-corrected chi connectivity index (χ2v) is 4.07. The van der Waals surface area contributed by atoms with Crippen molar-refractivity contribution in [2.75, 3.05) is 20.2 Å². The summed E-state index contributed by atoms with van der Waals surface area (Å²) in [5.74, 6) is 0.169. The molecule has 0 radical (unpaired) electrons. The maximum Gasteiger partial charge on any atom is 0.251 e. The van der Waals surface area contributed by atoms with E-state index in [0.717, 1.165) is 0 Å². The van der Waals surface area contributed by atoms with Gasteiger partial charge in [-0.1, -0.05) is 6.07 Å². The van der Waals surface area contributed by atoms with Gasteiger partial charge < -0.3 is 21.1 Å². The van der Waals surface area contributed by atoms with Crippen LogP contribution >= 0.6 is 0 Å². The van der Waals surface area contributed by atoms with E-state index in [4.69, 9.17) is 10.5 Å². The molecule has 0 aliphatic rings. The van der Waals surface area contributed by atoms with E-state index in [-0.39, 0.29) is 11.8 Å². The van der Waals surface area contributed by atoms with Crippen molar-refractivity contribution in [3.63, 3.8) is 0 Å². The molecule has 1 aromatic carbocycles. The summed E-state index contributed by atoms with van der Waals surface area (Å²) < 4.78 is 5.04. The Labute approximate surface area is 112 Å². The number of amides is 2. The molecule has 19 heavy (non-hydrogen) atoms. The van der Waals surface area contributed by atoms with Gasteiger partial charge >= 0.3 is 0 Å². The zero-order chi connectivity index (χ0) is 14.3. The van der Waals surface area contributed by atoms with Crippen molar-refractivity contribution < 1.29 is 14.3 Å². The van der Waals surface area contributed by atoms with Gasteiger partial charge in [-0.15, -0.1) is 0 Å². The number of carbonyl (C=O) groups is 2. The van der Waals surface area contributed by atoms with Gasteiger partial charge in [0.1, 0.15) is 5.75 Å². The Morgan fingerprint density at radius 3 is 2.63 bits per heavy atom. The molecule has 0 aliphatic carbocycles. The van der Waals surface area contributed by atoms with Crippen LogP contribution in [0, 0.1) is 0 Å². The molecule has 0 unspecified atom stereocenters. The van der Waals surface area contributed by atoms with Crippen LogP contribution in [0.15, 0.2) is 24.3 Å². The molecule has 4 N–H and O–H groups in total. The van der Waals surface area contributed by atoms with Crippen molar-refractivity contribution >= 4 is 11.8 Å². The summed E-state index contributed by atoms with van der Waals surface area (Å²) in [4.78, 5) is 23.0. The quantitative estimate of drug-likeness (QED) is 0.626. The fourth-order valence-corrected chi connectivity index (χ4v) is 1.39. The zero-order valence-electron chi connectivity index (χ0n) is 11.1. The minimum atomic E-state index is -0.547. The molecule has 1 atom stereocenters. The number of carbonyl (C=O) groups excluding carboxylic acids is 2. The summed E-state index contributed by atoms with van der Waals surface area (Å²) in [6.07, 6.45) is 0. The van der Waals surface area contributed by atoms with Crippen molar-refractivity contribution in [2.24, 2.45) is 5.73 Å². The lowest BCUT2D eigenvalue weighted by atomic mass is 10.2. The van der Waals surface area contributed by atoms with Crippen molar-refractivity contribution in [1.29, 1.82) is 0 Å². The number of hydrogen-bond donors (Lipinski definition) is 3. The number of hydrogen-bond acceptors (Lipinski definition) is 4. The van der Waals surface area contributed by atoms with Gasteiger partial charge in [-0.05, 0) is 25.1 Å². The van der Waals surface area contributed by atoms with Crippen molar-refractivity contribution in [3.05, 3.63) is 29.8 Å². The largest absolute Gasteiger partial charge is 0.497 e. The van der Waals surface area contributed by atoms with Gasteiger partial charge in [0.25, 0.3) is 5.91 Å². The number of ether oxygens (including phenoxy) is 1. The van der Waals surface area contributed by atoms with Crippen molar-refractivity contribution in [2.45, 2.75) is 13.0 Å². The van der Waals surface area contributed by atoms with Gasteiger partial charge in [0.15, 0.2) is 0 Å². The topological polar surface area (TPSA) is 93.5 Å². The summed E-state index contributed by atoms with van der Waals surface area (Å²) in [7, 11) is 1.54. The molecule has 0 heterocycles. The third-order valence-corrected chi connectivity index (χ3v) is 2.46. The van der Waals surface area contributed by atoms with Gasteiger partial charge in [0.2, 0.25) is 5.91 Å². The first-order chi connectivity index (χ1) is 9.04. The summed E-state index contributed by atoms with van der Waals surface area (Å²) in [5, 5.41) is 5.30. The lowest BCUT2D eigenvalue weighted by Gasteiger charge is -2.09. The summed E-state index contributed by atoms with van der Waals surface area (Å²) >= 11 is 0. The van der Waals surface area contributed by atoms with E-state index in [1.165, 1.54) is 0 Å². The van der Waals surface area contributed by atoms with E-state index in [9.17, 15) is 9.59 Å². The first kappa shape index (κ1) is 15.0. The molecule has 2 amide bonds. The van der Waals surface area contributed by atoms with Crippen LogP contribution in [-0.2, 0) is 4.79 Å². The van der Waals surface area contributed by atoms with E-state index in [2.05, 4.69) is 10.6 Å². The smallest absolute Gasteiger partial charge is 0.251 e. The lowest BCUT2D eigenvalue weighted by molar-refractivity contribution is -0.121. The Kier molecular flexibility index (Phi) is 5.81. The Morgan fingerprint density at radius 2 is 2.00 bits per heavy atom. The first-order valence-corrected chi connectivity index (χ1v) is 6.00. The number of nitrogens with one attached hydrogen (secondary N) is 2. The SMILES string of the molecule is COc1cccc(C(=O)NCCNC(=O)[C@@H](C)N)c1. The molecule has 0 aliphatic heterocycles. The molecule has 0 saturated heterocycles. The maximum atomic E-state index is 11.8. The number of benzene rings is 1. The van der Waals surface area contributed by atoms with E-state index >= 15 is 0 Å². The highest BCUT2D eigenvalue weighted by Crippen LogP contribution is 2.11. The number of methoxy groups -OCH3 is 1. The average Bonchev–Trinajstić information content (AvgIpc) is 2.42. The van der Waals surface area contributed by atoms with Crippen LogP contribution in [0.25, 0.3) is 0 Å². The van der Waals surface area contributed by atoms with Crippen LogP contribution in [0.2, 0.25) is 0 Å². The predicted molar refractivity (Wildman–Crippen MR) is 72.0 cm³/mol. The van der Waals surface area contributed by atoms with E-state index < -0.39 is 6.04 Å². The second-order valence-electron chi connectivity index (χ2n) is 4.07. The van der Waals surface area contributed by atoms with Crippen LogP contribution in [0.3, 0.4) is 0 Å². The minimum Gasteiger partial charge on any atom is -0.497 e. The second kappa shape index (κ2) is 7.38. The molecular formula is C13H19N3O3. The highest BCUT2D eigenvalue weighted by Gasteiger charge is 2.07. The van der Waals surface area contributed by atoms with Crippen LogP contribution in [-0.4, -0.2) is 38.1 Å². The van der Waals surface area contributed by atoms with Gasteiger partial charge in [0.05, 0.1) is 13.2 Å². The fourth-order valence-electron chi connectivity index (χ4n) is 1.39. The maximum absolute atomic E-state index is 11.8. The fraction of sp³-hybridized carbons (Fsp3) is 0.385. The highest BCUT2D eigenvalue weighted by molar-refractivity contribution is 5.94. The predicted octanol–water partition coefficient (Wildman–Crippen LogP) is -0.112. The monoisotopic (exact) mass is 265 g/mol. The summed E-state index contributed by atoms with van der Waals surface area (Å²) in [6, 6.07) is 6.30. The van der Waals surface area contributed by atoms with E-state index in [1.54, 1.807) is 38.3 Å². The standard InChI is InChI=1S/C13H19N3O3/c1-9(14)12(17)15-6-7-16-13(18)10-4-3-5-11(8-10)19-2/h3-5,8-9H,6-7,14H2,1-2H3,(H,15,17)(H,16,18)/t9-/m1/s1. The van der Waals surface area contributed by atoms with Crippen LogP contribution < -0.4 is 21.1 Å². The van der Waals surface area contributed by atoms with E-state index in [0.29, 0.717) is 24.4 Å². The molecule has 104 valence electrons. The van der Waals surface area contributed by atoms with Gasteiger partial charge in [-0.3, -0.25) is 9.59 Å². The third kappa shape index (κ3) is 4.97. The molecule has 0 aromatic heterocycles. The molecule has 0 spiro atoms. The van der Waals surface area contributed by atoms with Gasteiger partial charge in [0, 0.05) is 18.7 Å². The van der Waals surface area contributed by atoms with Gasteiger partial charge in [-0.2, -0.15) is 0 Å². The Hall–Kier alpha value is -2.08. The van der Waals surface area contributed by atoms with Crippen molar-refractivity contribution in [1.82, 2.24) is 10.6 Å². The van der Waals surface area contributed by atoms with E-state index in [1.807, 2.05) is 0 Å². The molecule has 6 heteroatoms. The highest BCUT2D eigenvalue weighted by atomic mass is 16.5. The molecule has 6 nitrogen and oxygen atoms in total. The number of nitrogens with two attached hydrogens (primary N) is 1. The number of rotatable bonds is 6. The third-order valence-electron chi connectivity index (χ3n) is 2.46. The molecule has 0 saturated carbocycles. The Morgan fingerprint density at radius 1 is 1.32 bits per heavy atom. The first-order valence-electron chi connectivity index (χ1n) is 6.00. The van der Waals surface area contributed by atoms with Crippen LogP contribution in [0.5, 0.6) is 5.75 Å². The zero-order valence-corrected chi connectivity index (χ0v) is 11.1. The summed E-state index contributed by atoms with van der Waals surface area (Å²) in [5.41, 5.74) is 5.90. The van der Waals surface area contributed by atoms with Gasteiger partial charge in [-0.25, -0.2) is 0 Å². The molecular weight excluding hydrogens is 246 g/mol. The molecule has 1 rings (SSSR count). The average molecular weight is 265 g/mol. The minimum absolute atomic E-state index is 0.214. The Bertz CT molecular complexity index is 447. The van der Waals surface area contributed by atoms with Crippen molar-refractivity contribution in [3.8, 4) is 5.75 Å². The van der Waals surface area contributed by atoms with Crippen LogP contribution in [0.4, 0.5) is 0 Å². The lowest BCUT2D eigenvalue weighted by Crippen LogP contribution is -2.42. The molecule has 0 fully saturated rings. The molecule has 1 aromatic rings. The molecule has 0 bridgehead atoms. The van der Waals surface area contributed by atoms with Crippen LogP contribution in [0.1, 0.15) is 17.3 Å². The summed E-state index contributed by atoms with van der Waals surface area (Å²) in [6.45, 7) is 2.29. The Balaban J connectivity index is 2.37. The normalized spacial score (nSPS) is 11.5.